The average Bonchev–Trinajstić information content (AvgIpc) is 3.14. The van der Waals surface area contributed by atoms with Crippen LogP contribution in [0.2, 0.25) is 0 Å². The molecule has 0 aliphatic carbocycles. The monoisotopic (exact) mass is 499 g/mol. The zero-order valence-corrected chi connectivity index (χ0v) is 20.5. The van der Waals surface area contributed by atoms with E-state index >= 15 is 0 Å². The number of likely N-dealkylation sites (tertiary alicyclic amines) is 1. The summed E-state index contributed by atoms with van der Waals surface area (Å²) in [5.41, 5.74) is 10.3. The van der Waals surface area contributed by atoms with Gasteiger partial charge in [0.1, 0.15) is 23.9 Å². The van der Waals surface area contributed by atoms with E-state index in [1.54, 1.807) is 29.7 Å². The highest BCUT2D eigenvalue weighted by Gasteiger charge is 2.48. The molecule has 36 heavy (non-hydrogen) atoms. The van der Waals surface area contributed by atoms with E-state index < -0.39 is 29.5 Å². The number of aromatic nitrogens is 1. The highest BCUT2D eigenvalue weighted by Crippen LogP contribution is 2.34. The predicted octanol–water partition coefficient (Wildman–Crippen LogP) is 1.98. The summed E-state index contributed by atoms with van der Waals surface area (Å²) in [5.74, 6) is -0.482. The van der Waals surface area contributed by atoms with Gasteiger partial charge in [0.25, 0.3) is 5.91 Å². The van der Waals surface area contributed by atoms with Gasteiger partial charge in [-0.3, -0.25) is 19.8 Å². The number of rotatable bonds is 11. The Kier molecular flexibility index (Phi) is 8.83. The summed E-state index contributed by atoms with van der Waals surface area (Å²) in [6.07, 6.45) is 0.397. The van der Waals surface area contributed by atoms with Crippen molar-refractivity contribution >= 4 is 17.9 Å². The lowest BCUT2D eigenvalue weighted by molar-refractivity contribution is -0.144. The van der Waals surface area contributed by atoms with Gasteiger partial charge in [0.15, 0.2) is 0 Å². The van der Waals surface area contributed by atoms with Gasteiger partial charge in [-0.25, -0.2) is 10.3 Å². The topological polar surface area (TPSA) is 167 Å². The minimum atomic E-state index is -1.31. The number of hydrogen-bond donors (Lipinski definition) is 5. The Morgan fingerprint density at radius 3 is 2.47 bits per heavy atom. The van der Waals surface area contributed by atoms with Crippen LogP contribution in [0, 0.1) is 13.8 Å². The zero-order chi connectivity index (χ0) is 26.3. The molecule has 0 saturated carbocycles. The van der Waals surface area contributed by atoms with Crippen molar-refractivity contribution in [3.05, 3.63) is 58.9 Å². The molecule has 1 aliphatic heterocycles. The summed E-state index contributed by atoms with van der Waals surface area (Å²) in [7, 11) is 0. The van der Waals surface area contributed by atoms with Crippen molar-refractivity contribution in [3.63, 3.8) is 0 Å². The molecule has 1 saturated heterocycles. The first-order chi connectivity index (χ1) is 17.1. The molecule has 0 radical (unpaired) electrons. The SMILES string of the molecule is Cc1cc(COc2ccc(C3(N)CCN(C(CCCCNC(=O)O)C(=O)NO)C3=O)cc2)cc(C)n1. The molecule has 1 fully saturated rings. The highest BCUT2D eigenvalue weighted by molar-refractivity contribution is 5.94. The average molecular weight is 500 g/mol. The highest BCUT2D eigenvalue weighted by atomic mass is 16.5. The number of nitrogens with two attached hydrogens (primary N) is 1. The standard InChI is InChI=1S/C25H33N5O6/c1-16-13-18(14-17(2)28-16)15-36-20-8-6-19(7-9-20)25(26)10-12-30(23(25)32)21(22(31)29-35)5-3-4-11-27-24(33)34/h6-9,13-14,21,27,35H,3-5,10-12,15,26H2,1-2H3,(H,29,31)(H,33,34). The fraction of sp³-hybridized carbons (Fsp3) is 0.440. The summed E-state index contributed by atoms with van der Waals surface area (Å²) < 4.78 is 5.88. The van der Waals surface area contributed by atoms with Crippen LogP contribution in [0.5, 0.6) is 5.75 Å². The number of amides is 3. The minimum absolute atomic E-state index is 0.229. The van der Waals surface area contributed by atoms with Crippen molar-refractivity contribution in [1.82, 2.24) is 20.7 Å². The number of carbonyl (C=O) groups is 3. The number of hydrogen-bond acceptors (Lipinski definition) is 7. The number of carboxylic acid groups (broad SMARTS) is 1. The smallest absolute Gasteiger partial charge is 0.404 e. The number of hydroxylamine groups is 1. The molecule has 2 unspecified atom stereocenters. The van der Waals surface area contributed by atoms with E-state index in [0.29, 0.717) is 37.2 Å². The Bertz CT molecular complexity index is 1070. The lowest BCUT2D eigenvalue weighted by atomic mass is 9.89. The van der Waals surface area contributed by atoms with E-state index in [1.165, 1.54) is 4.90 Å². The molecule has 3 amide bonds. The predicted molar refractivity (Wildman–Crippen MR) is 130 cm³/mol. The molecule has 2 heterocycles. The van der Waals surface area contributed by atoms with Crippen LogP contribution >= 0.6 is 0 Å². The fourth-order valence-electron chi connectivity index (χ4n) is 4.51. The number of pyridine rings is 1. The minimum Gasteiger partial charge on any atom is -0.489 e. The molecule has 3 rings (SSSR count). The first kappa shape index (κ1) is 26.9. The molecule has 11 nitrogen and oxygen atoms in total. The van der Waals surface area contributed by atoms with Crippen LogP contribution in [-0.4, -0.2) is 57.2 Å². The number of carbonyl (C=O) groups excluding carboxylic acids is 2. The molecule has 1 aromatic carbocycles. The maximum absolute atomic E-state index is 13.3. The van der Waals surface area contributed by atoms with Gasteiger partial charge >= 0.3 is 6.09 Å². The van der Waals surface area contributed by atoms with E-state index in [4.69, 9.17) is 15.6 Å². The number of nitrogens with one attached hydrogen (secondary N) is 2. The maximum Gasteiger partial charge on any atom is 0.404 e. The van der Waals surface area contributed by atoms with Gasteiger partial charge in [-0.1, -0.05) is 12.1 Å². The van der Waals surface area contributed by atoms with E-state index in [1.807, 2.05) is 26.0 Å². The van der Waals surface area contributed by atoms with Gasteiger partial charge in [-0.05, 0) is 74.9 Å². The van der Waals surface area contributed by atoms with E-state index in [-0.39, 0.29) is 19.5 Å². The van der Waals surface area contributed by atoms with Crippen molar-refractivity contribution < 1.29 is 29.4 Å². The summed E-state index contributed by atoms with van der Waals surface area (Å²) in [4.78, 5) is 42.0. The molecule has 1 aromatic heterocycles. The van der Waals surface area contributed by atoms with Gasteiger partial charge in [0.2, 0.25) is 5.91 Å². The van der Waals surface area contributed by atoms with E-state index in [2.05, 4.69) is 10.3 Å². The third-order valence-corrected chi connectivity index (χ3v) is 6.28. The number of ether oxygens (including phenoxy) is 1. The lowest BCUT2D eigenvalue weighted by Gasteiger charge is -2.29. The summed E-state index contributed by atoms with van der Waals surface area (Å²) in [6, 6.07) is 10.0. The van der Waals surface area contributed by atoms with Crippen LogP contribution < -0.4 is 21.3 Å². The summed E-state index contributed by atoms with van der Waals surface area (Å²) in [6.45, 7) is 4.72. The van der Waals surface area contributed by atoms with Gasteiger partial charge < -0.3 is 25.8 Å². The van der Waals surface area contributed by atoms with Crippen molar-refractivity contribution in [2.45, 2.75) is 57.7 Å². The third-order valence-electron chi connectivity index (χ3n) is 6.28. The molecule has 11 heteroatoms. The molecule has 1 aliphatic rings. The van der Waals surface area contributed by atoms with Crippen LogP contribution in [0.4, 0.5) is 4.79 Å². The third kappa shape index (κ3) is 6.49. The van der Waals surface area contributed by atoms with Gasteiger partial charge in [0, 0.05) is 24.5 Å². The van der Waals surface area contributed by atoms with E-state index in [9.17, 15) is 19.6 Å². The first-order valence-corrected chi connectivity index (χ1v) is 11.8. The number of benzene rings is 1. The second-order valence-corrected chi connectivity index (χ2v) is 9.01. The lowest BCUT2D eigenvalue weighted by Crippen LogP contribution is -2.52. The Hall–Kier alpha value is -3.70. The van der Waals surface area contributed by atoms with Gasteiger partial charge in [0.05, 0.1) is 0 Å². The van der Waals surface area contributed by atoms with Crippen LogP contribution in [0.25, 0.3) is 0 Å². The second-order valence-electron chi connectivity index (χ2n) is 9.01. The molecule has 194 valence electrons. The quantitative estimate of drug-likeness (QED) is 0.178. The van der Waals surface area contributed by atoms with Crippen molar-refractivity contribution in [1.29, 1.82) is 0 Å². The van der Waals surface area contributed by atoms with Crippen molar-refractivity contribution in [3.8, 4) is 5.75 Å². The fourth-order valence-corrected chi connectivity index (χ4v) is 4.51. The molecule has 6 N–H and O–H groups in total. The number of unbranched alkanes of at least 4 members (excludes halogenated alkanes) is 1. The molecule has 0 bridgehead atoms. The summed E-state index contributed by atoms with van der Waals surface area (Å²) in [5, 5.41) is 20.1. The Morgan fingerprint density at radius 1 is 1.19 bits per heavy atom. The Morgan fingerprint density at radius 2 is 1.86 bits per heavy atom. The van der Waals surface area contributed by atoms with Gasteiger partial charge in [-0.15, -0.1) is 0 Å². The molecular weight excluding hydrogens is 466 g/mol. The molecule has 0 spiro atoms. The second kappa shape index (κ2) is 11.8. The Balaban J connectivity index is 1.64. The zero-order valence-electron chi connectivity index (χ0n) is 20.5. The summed E-state index contributed by atoms with van der Waals surface area (Å²) >= 11 is 0. The van der Waals surface area contributed by atoms with Crippen molar-refractivity contribution in [2.75, 3.05) is 13.1 Å². The largest absolute Gasteiger partial charge is 0.489 e. The van der Waals surface area contributed by atoms with Crippen LogP contribution in [0.1, 0.15) is 48.2 Å². The Labute approximate surface area is 209 Å². The molecule has 2 aromatic rings. The normalized spacial score (nSPS) is 18.1. The van der Waals surface area contributed by atoms with Crippen LogP contribution in [0.15, 0.2) is 36.4 Å². The van der Waals surface area contributed by atoms with Gasteiger partial charge in [-0.2, -0.15) is 0 Å². The maximum atomic E-state index is 13.3. The van der Waals surface area contributed by atoms with Crippen LogP contribution in [0.3, 0.4) is 0 Å². The molecule has 2 atom stereocenters. The molecular formula is C25H33N5O6. The number of aryl methyl sites for hydroxylation is 2. The first-order valence-electron chi connectivity index (χ1n) is 11.8. The van der Waals surface area contributed by atoms with E-state index in [0.717, 1.165) is 17.0 Å². The number of nitrogens with zero attached hydrogens (tertiary/aromatic N) is 2. The van der Waals surface area contributed by atoms with Crippen LogP contribution in [-0.2, 0) is 21.7 Å². The van der Waals surface area contributed by atoms with Crippen molar-refractivity contribution in [2.24, 2.45) is 5.73 Å².